The van der Waals surface area contributed by atoms with Crippen molar-refractivity contribution in [3.8, 4) is 0 Å². The van der Waals surface area contributed by atoms with Gasteiger partial charge in [-0.2, -0.15) is 0 Å². The Morgan fingerprint density at radius 3 is 3.00 bits per heavy atom. The van der Waals surface area contributed by atoms with Gasteiger partial charge in [-0.1, -0.05) is 11.6 Å². The van der Waals surface area contributed by atoms with Gasteiger partial charge in [-0.05, 0) is 37.0 Å². The summed E-state index contributed by atoms with van der Waals surface area (Å²) in [5, 5.41) is 3.31. The number of halogens is 2. The number of amides is 2. The highest BCUT2D eigenvalue weighted by Crippen LogP contribution is 2.27. The Labute approximate surface area is 127 Å². The average Bonchev–Trinajstić information content (AvgIpc) is 2.48. The zero-order valence-electron chi connectivity index (χ0n) is 11.4. The van der Waals surface area contributed by atoms with Crippen LogP contribution in [0.2, 0.25) is 5.02 Å². The molecule has 0 spiro atoms. The second-order valence-electron chi connectivity index (χ2n) is 5.64. The van der Waals surface area contributed by atoms with E-state index in [1.165, 1.54) is 18.2 Å². The van der Waals surface area contributed by atoms with Crippen LogP contribution in [0.3, 0.4) is 0 Å². The van der Waals surface area contributed by atoms with Crippen LogP contribution in [0.15, 0.2) is 18.2 Å². The smallest absolute Gasteiger partial charge is 0.256 e. The maximum atomic E-state index is 13.8. The second-order valence-corrected chi connectivity index (χ2v) is 6.07. The number of hydrogen-bond donors (Lipinski definition) is 1. The van der Waals surface area contributed by atoms with Crippen LogP contribution in [-0.2, 0) is 4.79 Å². The number of hydrogen-bond acceptors (Lipinski definition) is 2. The molecule has 0 saturated carbocycles. The number of carbonyl (C=O) groups excluding carboxylic acids is 2. The van der Waals surface area contributed by atoms with Crippen LogP contribution in [-0.4, -0.2) is 35.8 Å². The molecule has 2 amide bonds. The number of nitrogens with one attached hydrogen (secondary N) is 1. The van der Waals surface area contributed by atoms with Crippen LogP contribution < -0.4 is 5.32 Å². The number of rotatable bonds is 1. The molecule has 6 heteroatoms. The molecular weight excluding hydrogens is 295 g/mol. The van der Waals surface area contributed by atoms with E-state index < -0.39 is 5.82 Å². The first-order chi connectivity index (χ1) is 10.0. The molecule has 3 rings (SSSR count). The van der Waals surface area contributed by atoms with Crippen molar-refractivity contribution in [3.63, 3.8) is 0 Å². The average molecular weight is 311 g/mol. The van der Waals surface area contributed by atoms with Crippen LogP contribution in [0, 0.1) is 11.7 Å². The van der Waals surface area contributed by atoms with Gasteiger partial charge >= 0.3 is 0 Å². The van der Waals surface area contributed by atoms with Crippen LogP contribution >= 0.6 is 11.6 Å². The first-order valence-electron chi connectivity index (χ1n) is 7.08. The molecule has 21 heavy (non-hydrogen) atoms. The molecule has 0 aromatic heterocycles. The first kappa shape index (κ1) is 14.3. The Kier molecular flexibility index (Phi) is 3.85. The third kappa shape index (κ3) is 2.88. The van der Waals surface area contributed by atoms with Gasteiger partial charge < -0.3 is 10.2 Å². The summed E-state index contributed by atoms with van der Waals surface area (Å²) >= 11 is 5.84. The van der Waals surface area contributed by atoms with Gasteiger partial charge in [0.15, 0.2) is 0 Å². The van der Waals surface area contributed by atoms with E-state index in [4.69, 9.17) is 11.6 Å². The fourth-order valence-corrected chi connectivity index (χ4v) is 3.30. The lowest BCUT2D eigenvalue weighted by Gasteiger charge is -2.41. The largest absolute Gasteiger partial charge is 0.353 e. The second kappa shape index (κ2) is 5.64. The zero-order valence-corrected chi connectivity index (χ0v) is 12.2. The van der Waals surface area contributed by atoms with Crippen molar-refractivity contribution in [1.82, 2.24) is 10.2 Å². The monoisotopic (exact) mass is 310 g/mol. The number of benzene rings is 1. The molecule has 1 aromatic carbocycles. The summed E-state index contributed by atoms with van der Waals surface area (Å²) in [5.74, 6) is -0.548. The number of piperidine rings is 2. The topological polar surface area (TPSA) is 49.4 Å². The lowest BCUT2D eigenvalue weighted by molar-refractivity contribution is -0.125. The van der Waals surface area contributed by atoms with E-state index in [9.17, 15) is 14.0 Å². The highest BCUT2D eigenvalue weighted by Gasteiger charge is 2.35. The molecule has 4 nitrogen and oxygen atoms in total. The number of fused-ring (bicyclic) bond motifs is 1. The Morgan fingerprint density at radius 2 is 2.19 bits per heavy atom. The third-order valence-corrected chi connectivity index (χ3v) is 4.50. The normalized spacial score (nSPS) is 25.2. The molecule has 1 aromatic rings. The summed E-state index contributed by atoms with van der Waals surface area (Å²) in [6.45, 7) is 1.07. The van der Waals surface area contributed by atoms with Gasteiger partial charge in [-0.25, -0.2) is 4.39 Å². The minimum absolute atomic E-state index is 0.0146. The van der Waals surface area contributed by atoms with Crippen molar-refractivity contribution < 1.29 is 14.0 Å². The van der Waals surface area contributed by atoms with Crippen LogP contribution in [0.5, 0.6) is 0 Å². The summed E-state index contributed by atoms with van der Waals surface area (Å²) in [6, 6.07) is 4.15. The van der Waals surface area contributed by atoms with Crippen molar-refractivity contribution in [2.24, 2.45) is 5.92 Å². The molecule has 112 valence electrons. The van der Waals surface area contributed by atoms with Gasteiger partial charge in [0.05, 0.1) is 5.56 Å². The van der Waals surface area contributed by atoms with Crippen molar-refractivity contribution in [3.05, 3.63) is 34.6 Å². The quantitative estimate of drug-likeness (QED) is 0.864. The van der Waals surface area contributed by atoms with E-state index >= 15 is 0 Å². The van der Waals surface area contributed by atoms with Crippen LogP contribution in [0.4, 0.5) is 4.39 Å². The molecule has 2 atom stereocenters. The molecular formula is C15H16ClFN2O2. The Morgan fingerprint density at radius 1 is 1.38 bits per heavy atom. The standard InChI is InChI=1S/C15H16ClFN2O2/c16-10-2-3-12(17)11(7-10)15(21)19-6-5-13-9(8-19)1-4-14(20)18-13/h2-3,7,9,13H,1,4-6,8H2,(H,18,20). The van der Waals surface area contributed by atoms with Crippen LogP contribution in [0.25, 0.3) is 0 Å². The predicted molar refractivity (Wildman–Crippen MR) is 76.6 cm³/mol. The number of likely N-dealkylation sites (tertiary alicyclic amines) is 1. The fourth-order valence-electron chi connectivity index (χ4n) is 3.13. The van der Waals surface area contributed by atoms with Gasteiger partial charge in [0, 0.05) is 30.6 Å². The van der Waals surface area contributed by atoms with Gasteiger partial charge in [0.1, 0.15) is 5.82 Å². The maximum absolute atomic E-state index is 13.8. The van der Waals surface area contributed by atoms with Crippen molar-refractivity contribution in [2.45, 2.75) is 25.3 Å². The summed E-state index contributed by atoms with van der Waals surface area (Å²) in [7, 11) is 0. The SMILES string of the molecule is O=C1CCC2CN(C(=O)c3cc(Cl)ccc3F)CCC2N1. The molecule has 2 unspecified atom stereocenters. The van der Waals surface area contributed by atoms with Crippen molar-refractivity contribution in [1.29, 1.82) is 0 Å². The number of nitrogens with zero attached hydrogens (tertiary/aromatic N) is 1. The zero-order chi connectivity index (χ0) is 15.0. The highest BCUT2D eigenvalue weighted by molar-refractivity contribution is 6.31. The third-order valence-electron chi connectivity index (χ3n) is 4.27. The van der Waals surface area contributed by atoms with E-state index in [1.807, 2.05) is 0 Å². The van der Waals surface area contributed by atoms with Gasteiger partial charge in [0.2, 0.25) is 5.91 Å². The van der Waals surface area contributed by atoms with E-state index in [-0.39, 0.29) is 29.3 Å². The number of carbonyl (C=O) groups is 2. The highest BCUT2D eigenvalue weighted by atomic mass is 35.5. The summed E-state index contributed by atoms with van der Waals surface area (Å²) in [4.78, 5) is 25.5. The van der Waals surface area contributed by atoms with Crippen molar-refractivity contribution in [2.75, 3.05) is 13.1 Å². The molecule has 0 aliphatic carbocycles. The lowest BCUT2D eigenvalue weighted by Crippen LogP contribution is -2.55. The first-order valence-corrected chi connectivity index (χ1v) is 7.46. The van der Waals surface area contributed by atoms with Gasteiger partial charge in [-0.3, -0.25) is 9.59 Å². The minimum Gasteiger partial charge on any atom is -0.353 e. The lowest BCUT2D eigenvalue weighted by atomic mass is 9.85. The molecule has 0 radical (unpaired) electrons. The molecule has 2 aliphatic heterocycles. The summed E-state index contributed by atoms with van der Waals surface area (Å²) in [5.41, 5.74) is 0.0146. The molecule has 1 N–H and O–H groups in total. The molecule has 0 bridgehead atoms. The van der Waals surface area contributed by atoms with E-state index in [0.29, 0.717) is 31.0 Å². The Hall–Kier alpha value is -1.62. The van der Waals surface area contributed by atoms with E-state index in [0.717, 1.165) is 6.42 Å². The van der Waals surface area contributed by atoms with Gasteiger partial charge in [0.25, 0.3) is 5.91 Å². The van der Waals surface area contributed by atoms with Gasteiger partial charge in [-0.15, -0.1) is 0 Å². The molecule has 2 heterocycles. The van der Waals surface area contributed by atoms with Crippen molar-refractivity contribution >= 4 is 23.4 Å². The molecule has 2 aliphatic rings. The summed E-state index contributed by atoms with van der Waals surface area (Å²) in [6.07, 6.45) is 1.98. The molecule has 2 fully saturated rings. The van der Waals surface area contributed by atoms with Crippen LogP contribution in [0.1, 0.15) is 29.6 Å². The van der Waals surface area contributed by atoms with E-state index in [2.05, 4.69) is 5.32 Å². The van der Waals surface area contributed by atoms with E-state index in [1.54, 1.807) is 4.90 Å². The molecule has 2 saturated heterocycles. The Balaban J connectivity index is 1.74. The maximum Gasteiger partial charge on any atom is 0.256 e. The Bertz CT molecular complexity index is 593. The predicted octanol–water partition coefficient (Wildman–Crippen LogP) is 2.22. The summed E-state index contributed by atoms with van der Waals surface area (Å²) < 4.78 is 13.8. The minimum atomic E-state index is -0.552. The fraction of sp³-hybridized carbons (Fsp3) is 0.467.